The molecule has 0 aliphatic rings. The van der Waals surface area contributed by atoms with E-state index >= 15 is 0 Å². The van der Waals surface area contributed by atoms with E-state index in [2.05, 4.69) is 34.2 Å². The first kappa shape index (κ1) is 14.5. The van der Waals surface area contributed by atoms with Gasteiger partial charge in [-0.1, -0.05) is 51.8 Å². The molecule has 0 aliphatic carbocycles. The van der Waals surface area contributed by atoms with Gasteiger partial charge in [-0.05, 0) is 36.2 Å². The molecule has 0 aliphatic heterocycles. The fraction of sp³-hybridized carbons (Fsp3) is 0.200. The number of hydrogen-bond acceptors (Lipinski definition) is 1. The number of rotatable bonds is 4. The first-order chi connectivity index (χ1) is 9.08. The predicted molar refractivity (Wildman–Crippen MR) is 80.8 cm³/mol. The van der Waals surface area contributed by atoms with Crippen LogP contribution in [0.25, 0.3) is 0 Å². The SMILES string of the molecule is CC(NCc1ccc(F)c(Cl)c1)c1ccccc1Br. The van der Waals surface area contributed by atoms with E-state index in [0.717, 1.165) is 10.0 Å². The summed E-state index contributed by atoms with van der Waals surface area (Å²) in [6.07, 6.45) is 0. The summed E-state index contributed by atoms with van der Waals surface area (Å²) in [5, 5.41) is 3.55. The molecule has 2 rings (SSSR count). The lowest BCUT2D eigenvalue weighted by molar-refractivity contribution is 0.571. The molecule has 1 N–H and O–H groups in total. The fourth-order valence-corrected chi connectivity index (χ4v) is 2.69. The first-order valence-corrected chi connectivity index (χ1v) is 7.17. The fourth-order valence-electron chi connectivity index (χ4n) is 1.86. The van der Waals surface area contributed by atoms with E-state index in [1.165, 1.54) is 11.6 Å². The molecule has 2 aromatic carbocycles. The standard InChI is InChI=1S/C15H14BrClFN/c1-10(12-4-2-3-5-13(12)16)19-9-11-6-7-15(18)14(17)8-11/h2-8,10,19H,9H2,1H3. The highest BCUT2D eigenvalue weighted by Crippen LogP contribution is 2.23. The van der Waals surface area contributed by atoms with E-state index in [-0.39, 0.29) is 16.9 Å². The van der Waals surface area contributed by atoms with Crippen molar-refractivity contribution in [1.82, 2.24) is 5.32 Å². The van der Waals surface area contributed by atoms with E-state index < -0.39 is 0 Å². The molecule has 0 saturated carbocycles. The quantitative estimate of drug-likeness (QED) is 0.816. The van der Waals surface area contributed by atoms with Gasteiger partial charge in [-0.15, -0.1) is 0 Å². The minimum absolute atomic E-state index is 0.160. The molecule has 0 bridgehead atoms. The summed E-state index contributed by atoms with van der Waals surface area (Å²) in [4.78, 5) is 0. The van der Waals surface area contributed by atoms with Crippen LogP contribution in [0.2, 0.25) is 5.02 Å². The average molecular weight is 343 g/mol. The van der Waals surface area contributed by atoms with Crippen molar-refractivity contribution in [3.63, 3.8) is 0 Å². The maximum atomic E-state index is 13.1. The third-order valence-electron chi connectivity index (χ3n) is 2.97. The Labute approximate surface area is 125 Å². The second-order valence-corrected chi connectivity index (χ2v) is 5.63. The zero-order valence-corrected chi connectivity index (χ0v) is 12.8. The van der Waals surface area contributed by atoms with Crippen molar-refractivity contribution in [2.75, 3.05) is 0 Å². The minimum atomic E-state index is -0.385. The van der Waals surface area contributed by atoms with Crippen LogP contribution in [0.1, 0.15) is 24.1 Å². The molecule has 19 heavy (non-hydrogen) atoms. The van der Waals surface area contributed by atoms with Gasteiger partial charge in [0, 0.05) is 17.1 Å². The van der Waals surface area contributed by atoms with Gasteiger partial charge in [-0.2, -0.15) is 0 Å². The Morgan fingerprint density at radius 3 is 2.68 bits per heavy atom. The zero-order valence-electron chi connectivity index (χ0n) is 10.5. The molecular weight excluding hydrogens is 329 g/mol. The first-order valence-electron chi connectivity index (χ1n) is 5.99. The van der Waals surface area contributed by atoms with Crippen molar-refractivity contribution in [3.8, 4) is 0 Å². The van der Waals surface area contributed by atoms with Crippen LogP contribution >= 0.6 is 27.5 Å². The van der Waals surface area contributed by atoms with Gasteiger partial charge in [0.25, 0.3) is 0 Å². The number of nitrogens with one attached hydrogen (secondary N) is 1. The Hall–Kier alpha value is -0.900. The van der Waals surface area contributed by atoms with Crippen LogP contribution in [0.3, 0.4) is 0 Å². The van der Waals surface area contributed by atoms with E-state index in [1.807, 2.05) is 18.2 Å². The largest absolute Gasteiger partial charge is 0.306 e. The van der Waals surface area contributed by atoms with Gasteiger partial charge < -0.3 is 5.32 Å². The normalized spacial score (nSPS) is 12.4. The van der Waals surface area contributed by atoms with Crippen molar-refractivity contribution < 1.29 is 4.39 Å². The van der Waals surface area contributed by atoms with Crippen molar-refractivity contribution in [1.29, 1.82) is 0 Å². The number of halogens is 3. The Bertz CT molecular complexity index is 574. The van der Waals surface area contributed by atoms with E-state index in [0.29, 0.717) is 6.54 Å². The van der Waals surface area contributed by atoms with Crippen molar-refractivity contribution in [2.24, 2.45) is 0 Å². The van der Waals surface area contributed by atoms with Crippen LogP contribution < -0.4 is 5.32 Å². The second kappa shape index (κ2) is 6.51. The highest BCUT2D eigenvalue weighted by molar-refractivity contribution is 9.10. The van der Waals surface area contributed by atoms with E-state index in [1.54, 1.807) is 12.1 Å². The summed E-state index contributed by atoms with van der Waals surface area (Å²) in [5.74, 6) is -0.385. The van der Waals surface area contributed by atoms with Crippen LogP contribution in [-0.2, 0) is 6.54 Å². The predicted octanol–water partition coefficient (Wildman–Crippen LogP) is 5.09. The van der Waals surface area contributed by atoms with E-state index in [9.17, 15) is 4.39 Å². The van der Waals surface area contributed by atoms with Crippen molar-refractivity contribution in [2.45, 2.75) is 19.5 Å². The average Bonchev–Trinajstić information content (AvgIpc) is 2.40. The third kappa shape index (κ3) is 3.78. The lowest BCUT2D eigenvalue weighted by Crippen LogP contribution is -2.18. The van der Waals surface area contributed by atoms with Gasteiger partial charge in [0.05, 0.1) is 5.02 Å². The molecule has 0 aromatic heterocycles. The van der Waals surface area contributed by atoms with E-state index in [4.69, 9.17) is 11.6 Å². The summed E-state index contributed by atoms with van der Waals surface area (Å²) in [6.45, 7) is 2.73. The molecule has 1 nitrogen and oxygen atoms in total. The molecule has 0 radical (unpaired) electrons. The topological polar surface area (TPSA) is 12.0 Å². The van der Waals surface area contributed by atoms with Crippen LogP contribution in [0.5, 0.6) is 0 Å². The van der Waals surface area contributed by atoms with Gasteiger partial charge in [-0.3, -0.25) is 0 Å². The van der Waals surface area contributed by atoms with Crippen LogP contribution in [0.4, 0.5) is 4.39 Å². The highest BCUT2D eigenvalue weighted by atomic mass is 79.9. The van der Waals surface area contributed by atoms with Gasteiger partial charge in [0.1, 0.15) is 5.82 Å². The monoisotopic (exact) mass is 341 g/mol. The highest BCUT2D eigenvalue weighted by Gasteiger charge is 2.08. The lowest BCUT2D eigenvalue weighted by Gasteiger charge is -2.16. The van der Waals surface area contributed by atoms with Crippen molar-refractivity contribution in [3.05, 3.63) is 68.9 Å². The smallest absolute Gasteiger partial charge is 0.141 e. The zero-order chi connectivity index (χ0) is 13.8. The lowest BCUT2D eigenvalue weighted by atomic mass is 10.1. The molecule has 1 atom stereocenters. The van der Waals surface area contributed by atoms with Gasteiger partial charge in [-0.25, -0.2) is 4.39 Å². The molecule has 4 heteroatoms. The third-order valence-corrected chi connectivity index (χ3v) is 3.98. The maximum absolute atomic E-state index is 13.1. The summed E-state index contributed by atoms with van der Waals surface area (Å²) >= 11 is 9.29. The summed E-state index contributed by atoms with van der Waals surface area (Å²) in [6, 6.07) is 13.0. The van der Waals surface area contributed by atoms with Crippen LogP contribution in [0, 0.1) is 5.82 Å². The Morgan fingerprint density at radius 2 is 2.00 bits per heavy atom. The Morgan fingerprint density at radius 1 is 1.26 bits per heavy atom. The Balaban J connectivity index is 2.02. The van der Waals surface area contributed by atoms with Crippen LogP contribution in [-0.4, -0.2) is 0 Å². The van der Waals surface area contributed by atoms with Crippen LogP contribution in [0.15, 0.2) is 46.9 Å². The molecule has 100 valence electrons. The minimum Gasteiger partial charge on any atom is -0.306 e. The molecule has 0 spiro atoms. The number of hydrogen-bond donors (Lipinski definition) is 1. The molecule has 0 heterocycles. The molecular formula is C15H14BrClFN. The second-order valence-electron chi connectivity index (χ2n) is 4.37. The summed E-state index contributed by atoms with van der Waals surface area (Å²) in [7, 11) is 0. The number of benzene rings is 2. The molecule has 1 unspecified atom stereocenters. The maximum Gasteiger partial charge on any atom is 0.141 e. The Kier molecular flexibility index (Phi) is 4.97. The molecule has 0 fully saturated rings. The summed E-state index contributed by atoms with van der Waals surface area (Å²) in [5.41, 5.74) is 2.15. The molecule has 2 aromatic rings. The summed E-state index contributed by atoms with van der Waals surface area (Å²) < 4.78 is 14.1. The van der Waals surface area contributed by atoms with Crippen molar-refractivity contribution >= 4 is 27.5 Å². The molecule has 0 amide bonds. The van der Waals surface area contributed by atoms with Gasteiger partial charge in [0.15, 0.2) is 0 Å². The molecule has 0 saturated heterocycles. The van der Waals surface area contributed by atoms with Gasteiger partial charge in [0.2, 0.25) is 0 Å². The van der Waals surface area contributed by atoms with Gasteiger partial charge >= 0.3 is 0 Å².